The van der Waals surface area contributed by atoms with Crippen molar-refractivity contribution in [1.82, 2.24) is 25.2 Å². The third kappa shape index (κ3) is 5.14. The number of piperidine rings is 1. The van der Waals surface area contributed by atoms with E-state index < -0.39 is 0 Å². The molecule has 0 atom stereocenters. The zero-order valence-corrected chi connectivity index (χ0v) is 14.5. The minimum atomic E-state index is -0.222. The molecule has 0 bridgehead atoms. The Hall–Kier alpha value is -2.19. The van der Waals surface area contributed by atoms with Gasteiger partial charge in [0.2, 0.25) is 0 Å². The Morgan fingerprint density at radius 2 is 2.24 bits per heavy atom. The number of likely N-dealkylation sites (tertiary alicyclic amines) is 1. The molecular formula is C17H25N5O3. The molecule has 0 spiro atoms. The Labute approximate surface area is 146 Å². The number of nitrogens with one attached hydrogen (secondary N) is 1. The lowest BCUT2D eigenvalue weighted by Crippen LogP contribution is -2.37. The highest BCUT2D eigenvalue weighted by atomic mass is 16.5. The average Bonchev–Trinajstić information content (AvgIpc) is 3.22. The highest BCUT2D eigenvalue weighted by molar-refractivity contribution is 5.92. The summed E-state index contributed by atoms with van der Waals surface area (Å²) in [6, 6.07) is 1.65. The second-order valence-corrected chi connectivity index (χ2v) is 6.58. The van der Waals surface area contributed by atoms with Gasteiger partial charge in [0.1, 0.15) is 6.54 Å². The number of aromatic nitrogens is 3. The van der Waals surface area contributed by atoms with Crippen LogP contribution >= 0.6 is 0 Å². The third-order valence-electron chi connectivity index (χ3n) is 4.37. The number of rotatable bonds is 7. The van der Waals surface area contributed by atoms with E-state index in [0.717, 1.165) is 44.5 Å². The number of aryl methyl sites for hydroxylation is 1. The van der Waals surface area contributed by atoms with E-state index in [4.69, 9.17) is 4.52 Å². The predicted octanol–water partition coefficient (Wildman–Crippen LogP) is 0.804. The largest absolute Gasteiger partial charge is 0.393 e. The molecule has 3 rings (SSSR count). The molecule has 2 aromatic rings. The van der Waals surface area contributed by atoms with Crippen LogP contribution in [0.2, 0.25) is 0 Å². The van der Waals surface area contributed by atoms with Gasteiger partial charge in [0, 0.05) is 31.9 Å². The first-order chi connectivity index (χ1) is 12.1. The van der Waals surface area contributed by atoms with Crippen molar-refractivity contribution in [2.45, 2.75) is 38.8 Å². The average molecular weight is 347 g/mol. The Balaban J connectivity index is 1.38. The fraction of sp³-hybridized carbons (Fsp3) is 0.588. The molecule has 2 N–H and O–H groups in total. The molecule has 0 unspecified atom stereocenters. The van der Waals surface area contributed by atoms with Crippen LogP contribution < -0.4 is 5.32 Å². The lowest BCUT2D eigenvalue weighted by molar-refractivity contribution is 0.0816. The third-order valence-corrected chi connectivity index (χ3v) is 4.37. The second-order valence-electron chi connectivity index (χ2n) is 6.58. The van der Waals surface area contributed by atoms with E-state index in [2.05, 4.69) is 20.5 Å². The van der Waals surface area contributed by atoms with Crippen molar-refractivity contribution in [3.63, 3.8) is 0 Å². The van der Waals surface area contributed by atoms with Crippen LogP contribution in [-0.4, -0.2) is 63.1 Å². The molecule has 1 saturated heterocycles. The van der Waals surface area contributed by atoms with Crippen LogP contribution in [0.3, 0.4) is 0 Å². The van der Waals surface area contributed by atoms with Gasteiger partial charge in [-0.15, -0.1) is 0 Å². The standard InChI is InChI=1S/C17H25N5O3/c1-13-10-19-22(11-13)12-15-9-16(20-25-15)17(24)18-5-2-6-21-7-3-14(23)4-8-21/h9-11,14,23H,2-8,12H2,1H3,(H,18,24). The summed E-state index contributed by atoms with van der Waals surface area (Å²) in [7, 11) is 0. The van der Waals surface area contributed by atoms with E-state index in [9.17, 15) is 9.90 Å². The van der Waals surface area contributed by atoms with Crippen LogP contribution in [0.25, 0.3) is 0 Å². The summed E-state index contributed by atoms with van der Waals surface area (Å²) in [5.74, 6) is 0.376. The summed E-state index contributed by atoms with van der Waals surface area (Å²) in [5, 5.41) is 20.4. The molecule has 0 aromatic carbocycles. The molecule has 0 radical (unpaired) electrons. The van der Waals surface area contributed by atoms with Gasteiger partial charge in [-0.1, -0.05) is 5.16 Å². The SMILES string of the molecule is Cc1cnn(Cc2cc(C(=O)NCCCN3CCC(O)CC3)no2)c1. The fourth-order valence-corrected chi connectivity index (χ4v) is 2.95. The quantitative estimate of drug-likeness (QED) is 0.720. The predicted molar refractivity (Wildman–Crippen MR) is 91.2 cm³/mol. The summed E-state index contributed by atoms with van der Waals surface area (Å²) in [6.45, 7) is 5.79. The number of aliphatic hydroxyl groups excluding tert-OH is 1. The molecule has 3 heterocycles. The number of aliphatic hydroxyl groups is 1. The monoisotopic (exact) mass is 347 g/mol. The Bertz CT molecular complexity index is 688. The number of hydrogen-bond donors (Lipinski definition) is 2. The molecular weight excluding hydrogens is 322 g/mol. The van der Waals surface area contributed by atoms with Crippen molar-refractivity contribution in [1.29, 1.82) is 0 Å². The van der Waals surface area contributed by atoms with E-state index in [1.807, 2.05) is 13.1 Å². The topological polar surface area (TPSA) is 96.4 Å². The first-order valence-corrected chi connectivity index (χ1v) is 8.73. The minimum absolute atomic E-state index is 0.150. The molecule has 136 valence electrons. The number of amides is 1. The van der Waals surface area contributed by atoms with Gasteiger partial charge in [0.25, 0.3) is 5.91 Å². The van der Waals surface area contributed by atoms with Crippen LogP contribution in [0.15, 0.2) is 23.0 Å². The van der Waals surface area contributed by atoms with Gasteiger partial charge in [0.05, 0.1) is 12.3 Å². The Morgan fingerprint density at radius 1 is 1.44 bits per heavy atom. The van der Waals surface area contributed by atoms with Gasteiger partial charge in [-0.3, -0.25) is 9.48 Å². The lowest BCUT2D eigenvalue weighted by atomic mass is 10.1. The summed E-state index contributed by atoms with van der Waals surface area (Å²) in [4.78, 5) is 14.4. The molecule has 2 aromatic heterocycles. The second kappa shape index (κ2) is 8.26. The lowest BCUT2D eigenvalue weighted by Gasteiger charge is -2.29. The molecule has 25 heavy (non-hydrogen) atoms. The molecule has 8 nitrogen and oxygen atoms in total. The smallest absolute Gasteiger partial charge is 0.273 e. The van der Waals surface area contributed by atoms with Gasteiger partial charge in [-0.2, -0.15) is 5.10 Å². The molecule has 1 aliphatic heterocycles. The van der Waals surface area contributed by atoms with Crippen molar-refractivity contribution >= 4 is 5.91 Å². The zero-order chi connectivity index (χ0) is 17.6. The summed E-state index contributed by atoms with van der Waals surface area (Å²) >= 11 is 0. The van der Waals surface area contributed by atoms with E-state index in [1.165, 1.54) is 0 Å². The van der Waals surface area contributed by atoms with Gasteiger partial charge in [-0.25, -0.2) is 0 Å². The number of nitrogens with zero attached hydrogens (tertiary/aromatic N) is 4. The summed E-state index contributed by atoms with van der Waals surface area (Å²) in [5.41, 5.74) is 1.36. The molecule has 1 amide bonds. The van der Waals surface area contributed by atoms with Gasteiger partial charge in [0.15, 0.2) is 11.5 Å². The number of hydrogen-bond acceptors (Lipinski definition) is 6. The van der Waals surface area contributed by atoms with Gasteiger partial charge >= 0.3 is 0 Å². The van der Waals surface area contributed by atoms with Crippen LogP contribution in [0.4, 0.5) is 0 Å². The molecule has 0 saturated carbocycles. The maximum atomic E-state index is 12.1. The van der Waals surface area contributed by atoms with Gasteiger partial charge in [-0.05, 0) is 38.3 Å². The van der Waals surface area contributed by atoms with E-state index in [0.29, 0.717) is 24.5 Å². The maximum Gasteiger partial charge on any atom is 0.273 e. The number of carbonyl (C=O) groups is 1. The highest BCUT2D eigenvalue weighted by Crippen LogP contribution is 2.10. The van der Waals surface area contributed by atoms with Crippen LogP contribution in [0.1, 0.15) is 41.1 Å². The first-order valence-electron chi connectivity index (χ1n) is 8.73. The Morgan fingerprint density at radius 3 is 2.96 bits per heavy atom. The van der Waals surface area contributed by atoms with Crippen molar-refractivity contribution in [2.24, 2.45) is 0 Å². The van der Waals surface area contributed by atoms with E-state index in [-0.39, 0.29) is 12.0 Å². The van der Waals surface area contributed by atoms with Crippen molar-refractivity contribution in [3.8, 4) is 0 Å². The first kappa shape index (κ1) is 17.6. The van der Waals surface area contributed by atoms with Gasteiger partial charge < -0.3 is 19.8 Å². The van der Waals surface area contributed by atoms with Crippen molar-refractivity contribution in [2.75, 3.05) is 26.2 Å². The van der Waals surface area contributed by atoms with E-state index >= 15 is 0 Å². The van der Waals surface area contributed by atoms with Crippen LogP contribution in [0, 0.1) is 6.92 Å². The molecule has 1 fully saturated rings. The minimum Gasteiger partial charge on any atom is -0.393 e. The maximum absolute atomic E-state index is 12.1. The van der Waals surface area contributed by atoms with E-state index in [1.54, 1.807) is 16.9 Å². The molecule has 8 heteroatoms. The summed E-state index contributed by atoms with van der Waals surface area (Å²) < 4.78 is 6.95. The van der Waals surface area contributed by atoms with Crippen LogP contribution in [0.5, 0.6) is 0 Å². The van der Waals surface area contributed by atoms with Crippen molar-refractivity contribution in [3.05, 3.63) is 35.5 Å². The fourth-order valence-electron chi connectivity index (χ4n) is 2.95. The molecule has 0 aliphatic carbocycles. The summed E-state index contributed by atoms with van der Waals surface area (Å²) in [6.07, 6.45) is 6.07. The van der Waals surface area contributed by atoms with Crippen LogP contribution in [-0.2, 0) is 6.54 Å². The molecule has 1 aliphatic rings. The zero-order valence-electron chi connectivity index (χ0n) is 14.5. The normalized spacial score (nSPS) is 16.2. The highest BCUT2D eigenvalue weighted by Gasteiger charge is 2.17. The Kier molecular flexibility index (Phi) is 5.83. The number of carbonyl (C=O) groups excluding carboxylic acids is 1. The van der Waals surface area contributed by atoms with Crippen molar-refractivity contribution < 1.29 is 14.4 Å².